The smallest absolute Gasteiger partial charge is 0.286 e. The zero-order valence-corrected chi connectivity index (χ0v) is 13.0. The van der Waals surface area contributed by atoms with E-state index in [0.717, 1.165) is 24.6 Å². The molecule has 0 aliphatic heterocycles. The molecular weight excluding hydrogens is 302 g/mol. The molecule has 3 N–H and O–H groups in total. The van der Waals surface area contributed by atoms with Crippen LogP contribution in [0.3, 0.4) is 0 Å². The molecule has 1 amide bonds. The molecule has 2 heterocycles. The van der Waals surface area contributed by atoms with Gasteiger partial charge >= 0.3 is 0 Å². The van der Waals surface area contributed by atoms with Gasteiger partial charge in [-0.05, 0) is 36.5 Å². The van der Waals surface area contributed by atoms with Crippen molar-refractivity contribution in [1.82, 2.24) is 15.0 Å². The average Bonchev–Trinajstić information content (AvgIpc) is 2.61. The summed E-state index contributed by atoms with van der Waals surface area (Å²) in [6, 6.07) is 10.4. The highest BCUT2D eigenvalue weighted by molar-refractivity contribution is 5.95. The van der Waals surface area contributed by atoms with Gasteiger partial charge in [-0.25, -0.2) is 9.97 Å². The third kappa shape index (κ3) is 2.67. The molecule has 1 atom stereocenters. The van der Waals surface area contributed by atoms with E-state index in [1.807, 2.05) is 0 Å². The number of fused-ring (bicyclic) bond motifs is 2. The normalized spacial score (nSPS) is 16.6. The maximum atomic E-state index is 11.5. The summed E-state index contributed by atoms with van der Waals surface area (Å²) in [5.41, 5.74) is 8.68. The van der Waals surface area contributed by atoms with E-state index >= 15 is 0 Å². The quantitative estimate of drug-likeness (QED) is 0.769. The van der Waals surface area contributed by atoms with Gasteiger partial charge in [0.05, 0.1) is 17.9 Å². The van der Waals surface area contributed by atoms with Gasteiger partial charge in [-0.2, -0.15) is 0 Å². The van der Waals surface area contributed by atoms with E-state index in [-0.39, 0.29) is 11.9 Å². The number of pyridine rings is 1. The summed E-state index contributed by atoms with van der Waals surface area (Å²) in [7, 11) is 0. The number of primary amides is 1. The van der Waals surface area contributed by atoms with Crippen molar-refractivity contribution in [2.75, 3.05) is 5.32 Å². The third-order valence-electron chi connectivity index (χ3n) is 4.35. The number of hydrogen-bond acceptors (Lipinski definition) is 5. The number of hydrogen-bond donors (Lipinski definition) is 2. The highest BCUT2D eigenvalue weighted by Crippen LogP contribution is 2.26. The van der Waals surface area contributed by atoms with Gasteiger partial charge in [0, 0.05) is 11.4 Å². The number of nitrogens with two attached hydrogens (primary N) is 1. The minimum absolute atomic E-state index is 0.00536. The number of nitrogens with one attached hydrogen (secondary N) is 1. The number of aromatic nitrogens is 3. The number of carbonyl (C=O) groups excluding carboxylic acids is 1. The monoisotopic (exact) mass is 318 g/mol. The fourth-order valence-electron chi connectivity index (χ4n) is 3.16. The van der Waals surface area contributed by atoms with Gasteiger partial charge in [0.15, 0.2) is 0 Å². The van der Waals surface area contributed by atoms with Crippen molar-refractivity contribution in [2.45, 2.75) is 25.3 Å². The van der Waals surface area contributed by atoms with Crippen molar-refractivity contribution in [2.24, 2.45) is 5.73 Å². The maximum Gasteiger partial charge on any atom is 0.286 e. The molecule has 1 unspecified atom stereocenters. The largest absolute Gasteiger partial charge is 0.366 e. The van der Waals surface area contributed by atoms with E-state index in [2.05, 4.69) is 50.7 Å². The lowest BCUT2D eigenvalue weighted by Gasteiger charge is -2.26. The number of benzene rings is 1. The Kier molecular flexibility index (Phi) is 3.57. The lowest BCUT2D eigenvalue weighted by Crippen LogP contribution is -2.28. The fraction of sp³-hybridized carbons (Fsp3) is 0.222. The minimum Gasteiger partial charge on any atom is -0.366 e. The molecule has 3 aromatic rings. The Balaban J connectivity index is 1.68. The summed E-state index contributed by atoms with van der Waals surface area (Å²) in [4.78, 5) is 23.9. The van der Waals surface area contributed by atoms with Gasteiger partial charge < -0.3 is 11.1 Å². The lowest BCUT2D eigenvalue weighted by molar-refractivity contribution is 0.0991. The van der Waals surface area contributed by atoms with Crippen molar-refractivity contribution >= 4 is 22.6 Å². The first-order chi connectivity index (χ1) is 11.7. The molecule has 4 rings (SSSR count). The van der Waals surface area contributed by atoms with Gasteiger partial charge in [-0.15, -0.1) is 0 Å². The van der Waals surface area contributed by atoms with Crippen molar-refractivity contribution in [3.05, 3.63) is 59.7 Å². The molecule has 1 radical (unpaired) electrons. The number of amides is 1. The van der Waals surface area contributed by atoms with Crippen LogP contribution in [0.4, 0.5) is 5.82 Å². The minimum atomic E-state index is -0.651. The Hall–Kier alpha value is -3.02. The lowest BCUT2D eigenvalue weighted by atomic mass is 9.88. The first-order valence-corrected chi connectivity index (χ1v) is 7.87. The Morgan fingerprint density at radius 2 is 2.08 bits per heavy atom. The number of rotatable bonds is 3. The molecule has 6 nitrogen and oxygen atoms in total. The van der Waals surface area contributed by atoms with Crippen molar-refractivity contribution in [1.29, 1.82) is 0 Å². The molecule has 0 saturated carbocycles. The predicted octanol–water partition coefficient (Wildman–Crippen LogP) is 1.89. The molecular formula is C18H16N5O. The molecule has 119 valence electrons. The summed E-state index contributed by atoms with van der Waals surface area (Å²) in [5.74, 6) is -0.0483. The first-order valence-electron chi connectivity index (χ1n) is 7.87. The zero-order chi connectivity index (χ0) is 16.5. The van der Waals surface area contributed by atoms with Gasteiger partial charge in [-0.1, -0.05) is 24.3 Å². The van der Waals surface area contributed by atoms with Crippen LogP contribution < -0.4 is 11.1 Å². The second-order valence-electron chi connectivity index (χ2n) is 5.94. The molecule has 0 bridgehead atoms. The zero-order valence-electron chi connectivity index (χ0n) is 13.0. The van der Waals surface area contributed by atoms with Crippen LogP contribution in [0.2, 0.25) is 0 Å². The Labute approximate surface area is 139 Å². The van der Waals surface area contributed by atoms with Crippen LogP contribution in [0.25, 0.3) is 10.9 Å². The Morgan fingerprint density at radius 3 is 2.92 bits per heavy atom. The van der Waals surface area contributed by atoms with Gasteiger partial charge in [0.25, 0.3) is 5.91 Å². The van der Waals surface area contributed by atoms with Crippen LogP contribution in [-0.4, -0.2) is 26.9 Å². The van der Waals surface area contributed by atoms with E-state index < -0.39 is 5.91 Å². The summed E-state index contributed by atoms with van der Waals surface area (Å²) in [6.45, 7) is 0. The number of anilines is 1. The molecule has 6 heteroatoms. The standard InChI is InChI=1S/C18H16N5O/c19-16(24)18-22-15-10-20-8-7-14(15)17(23-18)21-13-6-5-11-3-1-2-4-12(11)9-13/h1-4,7,10,13H,5-6,9H2,(H2,19,24)(H,21,22,23). The highest BCUT2D eigenvalue weighted by atomic mass is 16.1. The van der Waals surface area contributed by atoms with E-state index in [1.54, 1.807) is 12.3 Å². The molecule has 0 saturated heterocycles. The molecule has 1 aliphatic rings. The van der Waals surface area contributed by atoms with E-state index in [0.29, 0.717) is 11.3 Å². The molecule has 0 fully saturated rings. The van der Waals surface area contributed by atoms with Crippen LogP contribution in [0.1, 0.15) is 28.2 Å². The third-order valence-corrected chi connectivity index (χ3v) is 4.35. The van der Waals surface area contributed by atoms with Gasteiger partial charge in [-0.3, -0.25) is 9.78 Å². The highest BCUT2D eigenvalue weighted by Gasteiger charge is 2.20. The molecule has 1 aromatic carbocycles. The number of carbonyl (C=O) groups is 1. The molecule has 24 heavy (non-hydrogen) atoms. The SMILES string of the molecule is NC(=O)c1nc(NC2CCc3ccccc3C2)c2c[c]ncc2n1. The van der Waals surface area contributed by atoms with E-state index in [1.165, 1.54) is 11.1 Å². The summed E-state index contributed by atoms with van der Waals surface area (Å²) < 4.78 is 0. The summed E-state index contributed by atoms with van der Waals surface area (Å²) in [6.07, 6.45) is 7.29. The van der Waals surface area contributed by atoms with Crippen LogP contribution in [0.15, 0.2) is 36.5 Å². The van der Waals surface area contributed by atoms with E-state index in [4.69, 9.17) is 5.73 Å². The van der Waals surface area contributed by atoms with Crippen LogP contribution in [0.5, 0.6) is 0 Å². The Morgan fingerprint density at radius 1 is 1.25 bits per heavy atom. The van der Waals surface area contributed by atoms with Crippen molar-refractivity contribution in [3.8, 4) is 0 Å². The number of nitrogens with zero attached hydrogens (tertiary/aromatic N) is 3. The van der Waals surface area contributed by atoms with Crippen LogP contribution in [-0.2, 0) is 12.8 Å². The fourth-order valence-corrected chi connectivity index (χ4v) is 3.16. The first kappa shape index (κ1) is 14.6. The molecule has 0 spiro atoms. The Bertz CT molecular complexity index is 924. The summed E-state index contributed by atoms with van der Waals surface area (Å²) in [5, 5.41) is 4.24. The van der Waals surface area contributed by atoms with Crippen LogP contribution in [0, 0.1) is 6.20 Å². The van der Waals surface area contributed by atoms with Crippen molar-refractivity contribution < 1.29 is 4.79 Å². The maximum absolute atomic E-state index is 11.5. The second-order valence-corrected chi connectivity index (χ2v) is 5.94. The number of aryl methyl sites for hydroxylation is 1. The second kappa shape index (κ2) is 5.88. The van der Waals surface area contributed by atoms with Gasteiger partial charge in [0.1, 0.15) is 5.82 Å². The van der Waals surface area contributed by atoms with Gasteiger partial charge in [0.2, 0.25) is 5.82 Å². The predicted molar refractivity (Wildman–Crippen MR) is 90.6 cm³/mol. The van der Waals surface area contributed by atoms with Crippen molar-refractivity contribution in [3.63, 3.8) is 0 Å². The van der Waals surface area contributed by atoms with E-state index in [9.17, 15) is 4.79 Å². The average molecular weight is 318 g/mol. The summed E-state index contributed by atoms with van der Waals surface area (Å²) >= 11 is 0. The van der Waals surface area contributed by atoms with Crippen LogP contribution >= 0.6 is 0 Å². The topological polar surface area (TPSA) is 93.8 Å². The molecule has 2 aromatic heterocycles. The molecule has 1 aliphatic carbocycles.